The highest BCUT2D eigenvalue weighted by atomic mass is 16.5. The zero-order valence-corrected chi connectivity index (χ0v) is 26.4. The Morgan fingerprint density at radius 2 is 1.96 bits per heavy atom. The summed E-state index contributed by atoms with van der Waals surface area (Å²) < 4.78 is 19.5. The topological polar surface area (TPSA) is 98.9 Å². The molecule has 0 bridgehead atoms. The molecule has 4 heterocycles. The predicted molar refractivity (Wildman–Crippen MR) is 172 cm³/mol. The molecular formula is C36H42N4O5. The van der Waals surface area contributed by atoms with Gasteiger partial charge in [-0.05, 0) is 92.0 Å². The van der Waals surface area contributed by atoms with Crippen LogP contribution in [-0.2, 0) is 35.7 Å². The second kappa shape index (κ2) is 13.9. The van der Waals surface area contributed by atoms with Gasteiger partial charge in [-0.1, -0.05) is 36.4 Å². The van der Waals surface area contributed by atoms with Crippen LogP contribution >= 0.6 is 0 Å². The van der Waals surface area contributed by atoms with E-state index in [1.54, 1.807) is 13.0 Å². The van der Waals surface area contributed by atoms with Gasteiger partial charge in [-0.15, -0.1) is 0 Å². The lowest BCUT2D eigenvalue weighted by atomic mass is 9.91. The molecule has 2 aromatic carbocycles. The van der Waals surface area contributed by atoms with E-state index in [0.29, 0.717) is 31.7 Å². The van der Waals surface area contributed by atoms with Crippen LogP contribution in [0.3, 0.4) is 0 Å². The van der Waals surface area contributed by atoms with Crippen LogP contribution in [0.5, 0.6) is 5.88 Å². The molecule has 9 heteroatoms. The average Bonchev–Trinajstić information content (AvgIpc) is 3.47. The molecule has 2 aliphatic rings. The lowest BCUT2D eigenvalue weighted by Crippen LogP contribution is -2.39. The minimum absolute atomic E-state index is 0.00228. The minimum atomic E-state index is -1.10. The molecule has 0 radical (unpaired) electrons. The molecule has 4 aromatic rings. The molecule has 2 aromatic heterocycles. The van der Waals surface area contributed by atoms with Gasteiger partial charge in [0.15, 0.2) is 5.82 Å². The van der Waals surface area contributed by atoms with Gasteiger partial charge in [0.2, 0.25) is 5.88 Å². The van der Waals surface area contributed by atoms with Crippen LogP contribution in [0.15, 0.2) is 54.7 Å². The summed E-state index contributed by atoms with van der Waals surface area (Å²) in [6, 6.07) is 16.3. The molecule has 0 saturated carbocycles. The highest BCUT2D eigenvalue weighted by Gasteiger charge is 2.24. The molecule has 1 atom stereocenters. The van der Waals surface area contributed by atoms with Crippen LogP contribution in [0.2, 0.25) is 0 Å². The first kappa shape index (κ1) is 31.0. The number of carbonyl (C=O) groups is 1. The van der Waals surface area contributed by atoms with Crippen molar-refractivity contribution in [1.82, 2.24) is 19.7 Å². The molecular weight excluding hydrogens is 568 g/mol. The molecule has 1 saturated heterocycles. The fraction of sp³-hybridized carbons (Fsp3) is 0.417. The number of carboxylic acids is 1. The summed E-state index contributed by atoms with van der Waals surface area (Å²) in [6.07, 6.45) is 6.37. The van der Waals surface area contributed by atoms with E-state index in [1.165, 1.54) is 52.4 Å². The van der Waals surface area contributed by atoms with Crippen molar-refractivity contribution in [3.05, 3.63) is 93.7 Å². The Hall–Kier alpha value is -4.05. The number of rotatable bonds is 11. The highest BCUT2D eigenvalue weighted by Crippen LogP contribution is 2.30. The standard InChI is InChI=1S/C36H42N4O5/c1-4-44-35-31(36(41)42)19-37-40(35)34-13-8-12-33(38-34)30-11-7-9-24(2)32(30)23-43-22-27-15-14-26-20-39(17-16-29(26)25(27)3)21-28-10-5-6-18-45-28/h7-9,11-15,19,28H,4-6,10,16-18,20-23H2,1-3H3,(H,41,42)/t28-/m0/s1. The third kappa shape index (κ3) is 6.81. The molecule has 1 N–H and O–H groups in total. The number of nitrogens with zero attached hydrogens (tertiary/aromatic N) is 4. The summed E-state index contributed by atoms with van der Waals surface area (Å²) in [4.78, 5) is 19.1. The third-order valence-corrected chi connectivity index (χ3v) is 8.99. The van der Waals surface area contributed by atoms with Gasteiger partial charge in [0.05, 0.1) is 37.8 Å². The molecule has 0 unspecified atom stereocenters. The first-order valence-electron chi connectivity index (χ1n) is 15.9. The van der Waals surface area contributed by atoms with Crippen LogP contribution in [0.4, 0.5) is 0 Å². The molecule has 2 aliphatic heterocycles. The van der Waals surface area contributed by atoms with Crippen LogP contribution in [-0.4, -0.2) is 63.1 Å². The molecule has 9 nitrogen and oxygen atoms in total. The van der Waals surface area contributed by atoms with E-state index in [2.05, 4.69) is 42.0 Å². The highest BCUT2D eigenvalue weighted by molar-refractivity contribution is 5.90. The number of hydrogen-bond acceptors (Lipinski definition) is 7. The average molecular weight is 611 g/mol. The number of carboxylic acid groups (broad SMARTS) is 1. The van der Waals surface area contributed by atoms with Crippen molar-refractivity contribution >= 4 is 5.97 Å². The Labute approximate surface area is 264 Å². The number of pyridine rings is 1. The van der Waals surface area contributed by atoms with E-state index in [4.69, 9.17) is 19.2 Å². The summed E-state index contributed by atoms with van der Waals surface area (Å²) in [6.45, 7) is 11.4. The second-order valence-corrected chi connectivity index (χ2v) is 11.9. The van der Waals surface area contributed by atoms with Gasteiger partial charge in [0, 0.05) is 31.8 Å². The fourth-order valence-electron chi connectivity index (χ4n) is 6.51. The van der Waals surface area contributed by atoms with E-state index >= 15 is 0 Å². The molecule has 1 fully saturated rings. The number of aromatic carboxylic acids is 1. The van der Waals surface area contributed by atoms with Gasteiger partial charge in [-0.25, -0.2) is 9.78 Å². The van der Waals surface area contributed by atoms with Gasteiger partial charge < -0.3 is 19.3 Å². The van der Waals surface area contributed by atoms with Crippen LogP contribution in [0.1, 0.15) is 69.9 Å². The second-order valence-electron chi connectivity index (χ2n) is 11.9. The Morgan fingerprint density at radius 3 is 2.76 bits per heavy atom. The SMILES string of the molecule is CCOc1c(C(=O)O)cnn1-c1cccc(-c2cccc(C)c2COCc2ccc3c(c2C)CCN(C[C@@H]2CCCCO2)C3)n1. The van der Waals surface area contributed by atoms with Gasteiger partial charge >= 0.3 is 5.97 Å². The van der Waals surface area contributed by atoms with Gasteiger partial charge in [-0.2, -0.15) is 9.78 Å². The lowest BCUT2D eigenvalue weighted by molar-refractivity contribution is -0.00803. The molecule has 0 aliphatic carbocycles. The lowest BCUT2D eigenvalue weighted by Gasteiger charge is -2.34. The summed E-state index contributed by atoms with van der Waals surface area (Å²) >= 11 is 0. The first-order chi connectivity index (χ1) is 21.9. The molecule has 6 rings (SSSR count). The van der Waals surface area contributed by atoms with Crippen molar-refractivity contribution in [3.63, 3.8) is 0 Å². The number of ether oxygens (including phenoxy) is 3. The maximum atomic E-state index is 11.7. The number of benzene rings is 2. The molecule has 0 amide bonds. The van der Waals surface area contributed by atoms with Gasteiger partial charge in [-0.3, -0.25) is 4.90 Å². The summed E-state index contributed by atoms with van der Waals surface area (Å²) in [5.41, 5.74) is 9.34. The van der Waals surface area contributed by atoms with Gasteiger partial charge in [0.25, 0.3) is 0 Å². The summed E-state index contributed by atoms with van der Waals surface area (Å²) in [5.74, 6) is -0.458. The van der Waals surface area contributed by atoms with Crippen molar-refractivity contribution in [2.45, 2.75) is 72.3 Å². The van der Waals surface area contributed by atoms with Crippen LogP contribution in [0, 0.1) is 13.8 Å². The van der Waals surface area contributed by atoms with E-state index in [1.807, 2.05) is 24.3 Å². The van der Waals surface area contributed by atoms with E-state index < -0.39 is 5.97 Å². The fourth-order valence-corrected chi connectivity index (χ4v) is 6.51. The van der Waals surface area contributed by atoms with E-state index in [-0.39, 0.29) is 11.4 Å². The van der Waals surface area contributed by atoms with Crippen molar-refractivity contribution in [2.24, 2.45) is 0 Å². The summed E-state index contributed by atoms with van der Waals surface area (Å²) in [7, 11) is 0. The number of aromatic nitrogens is 3. The predicted octanol–water partition coefficient (Wildman–Crippen LogP) is 6.29. The molecule has 45 heavy (non-hydrogen) atoms. The maximum absolute atomic E-state index is 11.7. The van der Waals surface area contributed by atoms with Crippen LogP contribution in [0.25, 0.3) is 17.1 Å². The summed E-state index contributed by atoms with van der Waals surface area (Å²) in [5, 5.41) is 13.9. The number of hydrogen-bond donors (Lipinski definition) is 1. The smallest absolute Gasteiger partial charge is 0.342 e. The normalized spacial score (nSPS) is 16.8. The molecule has 0 spiro atoms. The van der Waals surface area contributed by atoms with E-state index in [0.717, 1.165) is 55.0 Å². The molecule has 236 valence electrons. The maximum Gasteiger partial charge on any atom is 0.342 e. The van der Waals surface area contributed by atoms with E-state index in [9.17, 15) is 9.90 Å². The van der Waals surface area contributed by atoms with Crippen LogP contribution < -0.4 is 4.74 Å². The number of aryl methyl sites for hydroxylation is 1. The van der Waals surface area contributed by atoms with Crippen molar-refractivity contribution < 1.29 is 24.1 Å². The first-order valence-corrected chi connectivity index (χ1v) is 15.9. The largest absolute Gasteiger partial charge is 0.477 e. The Morgan fingerprint density at radius 1 is 1.09 bits per heavy atom. The van der Waals surface area contributed by atoms with Gasteiger partial charge in [0.1, 0.15) is 5.56 Å². The van der Waals surface area contributed by atoms with Crippen molar-refractivity contribution in [1.29, 1.82) is 0 Å². The quantitative estimate of drug-likeness (QED) is 0.212. The third-order valence-electron chi connectivity index (χ3n) is 8.99. The minimum Gasteiger partial charge on any atom is -0.477 e. The zero-order valence-electron chi connectivity index (χ0n) is 26.4. The van der Waals surface area contributed by atoms with Crippen molar-refractivity contribution in [2.75, 3.05) is 26.3 Å². The zero-order chi connectivity index (χ0) is 31.3. The van der Waals surface area contributed by atoms with Crippen molar-refractivity contribution in [3.8, 4) is 23.0 Å². The number of fused-ring (bicyclic) bond motifs is 1. The Bertz CT molecular complexity index is 1660. The Kier molecular flexibility index (Phi) is 9.59. The Balaban J connectivity index is 1.16. The monoisotopic (exact) mass is 610 g/mol.